The predicted octanol–water partition coefficient (Wildman–Crippen LogP) is 4.40. The number of rotatable bonds is 4. The molecule has 1 nitrogen and oxygen atoms in total. The van der Waals surface area contributed by atoms with Crippen LogP contribution in [0, 0.1) is 0 Å². The average molecular weight is 231 g/mol. The summed E-state index contributed by atoms with van der Waals surface area (Å²) in [7, 11) is 0. The molecule has 1 aliphatic heterocycles. The molecule has 1 aromatic carbocycles. The Morgan fingerprint density at radius 3 is 2.71 bits per heavy atom. The number of nitrogens with zero attached hydrogens (tertiary/aromatic N) is 1. The topological polar surface area (TPSA) is 3.24 Å². The molecule has 0 saturated carbocycles. The van der Waals surface area contributed by atoms with Crippen LogP contribution in [-0.4, -0.2) is 17.5 Å². The van der Waals surface area contributed by atoms with E-state index < -0.39 is 0 Å². The van der Waals surface area contributed by atoms with E-state index in [1.54, 1.807) is 0 Å². The van der Waals surface area contributed by atoms with E-state index in [1.165, 1.54) is 44.2 Å². The highest BCUT2D eigenvalue weighted by molar-refractivity contribution is 5.18. The van der Waals surface area contributed by atoms with Crippen LogP contribution in [-0.2, 0) is 0 Å². The van der Waals surface area contributed by atoms with Crippen LogP contribution >= 0.6 is 0 Å². The molecular weight excluding hydrogens is 206 g/mol. The molecule has 1 fully saturated rings. The Bertz CT molecular complexity index is 318. The van der Waals surface area contributed by atoms with Crippen LogP contribution in [0.25, 0.3) is 0 Å². The summed E-state index contributed by atoms with van der Waals surface area (Å²) in [5, 5.41) is 0. The van der Waals surface area contributed by atoms with E-state index in [-0.39, 0.29) is 0 Å². The molecule has 2 rings (SSSR count). The van der Waals surface area contributed by atoms with Crippen molar-refractivity contribution in [2.45, 2.75) is 58.0 Å². The second kappa shape index (κ2) is 6.20. The van der Waals surface area contributed by atoms with E-state index in [0.717, 1.165) is 6.04 Å². The zero-order chi connectivity index (χ0) is 12.1. The predicted molar refractivity (Wildman–Crippen MR) is 74.1 cm³/mol. The first-order valence-corrected chi connectivity index (χ1v) is 7.13. The Hall–Kier alpha value is -0.820. The summed E-state index contributed by atoms with van der Waals surface area (Å²) in [6.07, 6.45) is 6.85. The molecule has 94 valence electrons. The van der Waals surface area contributed by atoms with Crippen LogP contribution in [0.1, 0.15) is 57.6 Å². The second-order valence-electron chi connectivity index (χ2n) is 5.26. The van der Waals surface area contributed by atoms with Gasteiger partial charge in [0.2, 0.25) is 0 Å². The maximum Gasteiger partial charge on any atom is 0.0322 e. The number of piperidine rings is 1. The highest BCUT2D eigenvalue weighted by Gasteiger charge is 2.26. The smallest absolute Gasteiger partial charge is 0.0322 e. The Morgan fingerprint density at radius 1 is 1.24 bits per heavy atom. The van der Waals surface area contributed by atoms with Crippen molar-refractivity contribution in [1.82, 2.24) is 4.90 Å². The Labute approximate surface area is 106 Å². The molecule has 0 bridgehead atoms. The van der Waals surface area contributed by atoms with Crippen LogP contribution in [0.5, 0.6) is 0 Å². The summed E-state index contributed by atoms with van der Waals surface area (Å²) >= 11 is 0. The SMILES string of the molecule is CCC[C@@H]1CCCCN1[C@@H](C)c1ccccc1. The lowest BCUT2D eigenvalue weighted by molar-refractivity contribution is 0.0963. The Kier molecular flexibility index (Phi) is 4.61. The van der Waals surface area contributed by atoms with Crippen LogP contribution in [0.3, 0.4) is 0 Å². The minimum atomic E-state index is 0.577. The maximum absolute atomic E-state index is 2.72. The van der Waals surface area contributed by atoms with Gasteiger partial charge < -0.3 is 0 Å². The van der Waals surface area contributed by atoms with Crippen molar-refractivity contribution in [2.75, 3.05) is 6.54 Å². The lowest BCUT2D eigenvalue weighted by Crippen LogP contribution is -2.41. The van der Waals surface area contributed by atoms with Crippen molar-refractivity contribution in [2.24, 2.45) is 0 Å². The average Bonchev–Trinajstić information content (AvgIpc) is 2.40. The Morgan fingerprint density at radius 2 is 2.00 bits per heavy atom. The molecule has 17 heavy (non-hydrogen) atoms. The van der Waals surface area contributed by atoms with Gasteiger partial charge in [-0.2, -0.15) is 0 Å². The van der Waals surface area contributed by atoms with Gasteiger partial charge in [0.15, 0.2) is 0 Å². The maximum atomic E-state index is 2.72. The highest BCUT2D eigenvalue weighted by Crippen LogP contribution is 2.30. The van der Waals surface area contributed by atoms with Crippen molar-refractivity contribution in [3.63, 3.8) is 0 Å². The van der Waals surface area contributed by atoms with Crippen molar-refractivity contribution >= 4 is 0 Å². The first kappa shape index (κ1) is 12.6. The number of benzene rings is 1. The summed E-state index contributed by atoms with van der Waals surface area (Å²) in [5.41, 5.74) is 1.47. The van der Waals surface area contributed by atoms with E-state index in [4.69, 9.17) is 0 Å². The summed E-state index contributed by atoms with van der Waals surface area (Å²) in [4.78, 5) is 2.72. The third kappa shape index (κ3) is 3.10. The van der Waals surface area contributed by atoms with Gasteiger partial charge in [0.1, 0.15) is 0 Å². The molecule has 2 atom stereocenters. The Balaban J connectivity index is 2.08. The summed E-state index contributed by atoms with van der Waals surface area (Å²) in [6.45, 7) is 5.95. The molecule has 0 spiro atoms. The largest absolute Gasteiger partial charge is 0.294 e. The summed E-state index contributed by atoms with van der Waals surface area (Å²) in [5.74, 6) is 0. The van der Waals surface area contributed by atoms with E-state index in [1.807, 2.05) is 0 Å². The van der Waals surface area contributed by atoms with Crippen LogP contribution in [0.2, 0.25) is 0 Å². The molecule has 1 aromatic rings. The highest BCUT2D eigenvalue weighted by atomic mass is 15.2. The quantitative estimate of drug-likeness (QED) is 0.742. The molecule has 0 aromatic heterocycles. The lowest BCUT2D eigenvalue weighted by Gasteiger charge is -2.40. The first-order chi connectivity index (χ1) is 8.33. The van der Waals surface area contributed by atoms with Crippen LogP contribution in [0.15, 0.2) is 30.3 Å². The number of hydrogen-bond acceptors (Lipinski definition) is 1. The molecule has 0 radical (unpaired) electrons. The van der Waals surface area contributed by atoms with E-state index in [0.29, 0.717) is 6.04 Å². The molecule has 0 N–H and O–H groups in total. The molecule has 0 amide bonds. The number of hydrogen-bond donors (Lipinski definition) is 0. The minimum absolute atomic E-state index is 0.577. The monoisotopic (exact) mass is 231 g/mol. The van der Waals surface area contributed by atoms with Crippen molar-refractivity contribution in [3.05, 3.63) is 35.9 Å². The second-order valence-corrected chi connectivity index (χ2v) is 5.26. The minimum Gasteiger partial charge on any atom is -0.294 e. The van der Waals surface area contributed by atoms with Gasteiger partial charge in [-0.3, -0.25) is 4.90 Å². The van der Waals surface area contributed by atoms with E-state index in [9.17, 15) is 0 Å². The van der Waals surface area contributed by atoms with Gasteiger partial charge >= 0.3 is 0 Å². The van der Waals surface area contributed by atoms with Gasteiger partial charge in [-0.25, -0.2) is 0 Å². The summed E-state index contributed by atoms with van der Waals surface area (Å²) in [6, 6.07) is 12.3. The molecular formula is C16H25N. The van der Waals surface area contributed by atoms with Gasteiger partial charge in [0, 0.05) is 12.1 Å². The molecule has 1 heteroatoms. The summed E-state index contributed by atoms with van der Waals surface area (Å²) < 4.78 is 0. The van der Waals surface area contributed by atoms with Crippen LogP contribution in [0.4, 0.5) is 0 Å². The fourth-order valence-corrected chi connectivity index (χ4v) is 3.10. The fourth-order valence-electron chi connectivity index (χ4n) is 3.10. The van der Waals surface area contributed by atoms with Crippen molar-refractivity contribution < 1.29 is 0 Å². The van der Waals surface area contributed by atoms with Gasteiger partial charge in [0.25, 0.3) is 0 Å². The zero-order valence-corrected chi connectivity index (χ0v) is 11.2. The third-order valence-electron chi connectivity index (χ3n) is 4.07. The van der Waals surface area contributed by atoms with Crippen LogP contribution < -0.4 is 0 Å². The fraction of sp³-hybridized carbons (Fsp3) is 0.625. The van der Waals surface area contributed by atoms with Crippen molar-refractivity contribution in [3.8, 4) is 0 Å². The first-order valence-electron chi connectivity index (χ1n) is 7.13. The number of likely N-dealkylation sites (tertiary alicyclic amines) is 1. The zero-order valence-electron chi connectivity index (χ0n) is 11.2. The molecule has 1 saturated heterocycles. The van der Waals surface area contributed by atoms with Crippen molar-refractivity contribution in [1.29, 1.82) is 0 Å². The third-order valence-corrected chi connectivity index (χ3v) is 4.07. The standard InChI is InChI=1S/C16H25N/c1-3-9-16-12-7-8-13-17(16)14(2)15-10-5-4-6-11-15/h4-6,10-11,14,16H,3,7-9,12-13H2,1-2H3/t14-,16+/m0/s1. The lowest BCUT2D eigenvalue weighted by atomic mass is 9.94. The van der Waals surface area contributed by atoms with Gasteiger partial charge in [-0.05, 0) is 38.3 Å². The van der Waals surface area contributed by atoms with Gasteiger partial charge in [-0.1, -0.05) is 50.1 Å². The molecule has 1 heterocycles. The molecule has 0 aliphatic carbocycles. The van der Waals surface area contributed by atoms with Gasteiger partial charge in [-0.15, -0.1) is 0 Å². The van der Waals surface area contributed by atoms with E-state index >= 15 is 0 Å². The molecule has 0 unspecified atom stereocenters. The van der Waals surface area contributed by atoms with Gasteiger partial charge in [0.05, 0.1) is 0 Å². The molecule has 1 aliphatic rings. The normalized spacial score (nSPS) is 23.5. The van der Waals surface area contributed by atoms with E-state index in [2.05, 4.69) is 49.1 Å².